The molecule has 1 atom stereocenters. The molecule has 0 saturated carbocycles. The van der Waals surface area contributed by atoms with Crippen molar-refractivity contribution in [3.8, 4) is 11.3 Å². The third kappa shape index (κ3) is 2.81. The number of piperazine rings is 3. The Balaban J connectivity index is 1.39. The Morgan fingerprint density at radius 2 is 1.95 bits per heavy atom. The van der Waals surface area contributed by atoms with E-state index in [-0.39, 0.29) is 0 Å². The van der Waals surface area contributed by atoms with E-state index in [0.717, 1.165) is 17.4 Å². The Kier molecular flexibility index (Phi) is 3.63. The van der Waals surface area contributed by atoms with Gasteiger partial charge < -0.3 is 5.32 Å². The summed E-state index contributed by atoms with van der Waals surface area (Å²) in [4.78, 5) is 9.89. The van der Waals surface area contributed by atoms with E-state index in [1.807, 2.05) is 6.07 Å². The molecule has 0 radical (unpaired) electrons. The molecule has 3 aliphatic heterocycles. The zero-order valence-electron chi connectivity index (χ0n) is 12.0. The van der Waals surface area contributed by atoms with Crippen LogP contribution in [0.2, 0.25) is 0 Å². The molecule has 1 unspecified atom stereocenters. The molecule has 0 aliphatic carbocycles. The highest BCUT2D eigenvalue weighted by Gasteiger charge is 2.31. The van der Waals surface area contributed by atoms with Gasteiger partial charge in [0.05, 0.1) is 5.69 Å². The number of aromatic nitrogens is 1. The van der Waals surface area contributed by atoms with Crippen molar-refractivity contribution < 1.29 is 0 Å². The van der Waals surface area contributed by atoms with Crippen molar-refractivity contribution >= 4 is 16.5 Å². The van der Waals surface area contributed by atoms with Crippen molar-refractivity contribution in [3.63, 3.8) is 0 Å². The van der Waals surface area contributed by atoms with E-state index < -0.39 is 0 Å². The molecule has 3 fully saturated rings. The second-order valence-electron chi connectivity index (χ2n) is 5.78. The molecular formula is C16H20N4S. The third-order valence-electron chi connectivity index (χ3n) is 4.45. The van der Waals surface area contributed by atoms with Gasteiger partial charge in [0.15, 0.2) is 5.13 Å². The van der Waals surface area contributed by atoms with E-state index in [1.54, 1.807) is 11.3 Å². The average molecular weight is 300 g/mol. The van der Waals surface area contributed by atoms with Crippen LogP contribution in [0.4, 0.5) is 5.13 Å². The molecule has 4 heterocycles. The topological polar surface area (TPSA) is 31.4 Å². The van der Waals surface area contributed by atoms with Crippen LogP contribution in [0.5, 0.6) is 0 Å². The highest BCUT2D eigenvalue weighted by molar-refractivity contribution is 7.14. The first-order chi connectivity index (χ1) is 10.4. The van der Waals surface area contributed by atoms with Crippen molar-refractivity contribution in [3.05, 3.63) is 35.7 Å². The van der Waals surface area contributed by atoms with Gasteiger partial charge in [-0.15, -0.1) is 11.3 Å². The number of nitrogens with one attached hydrogen (secondary N) is 1. The van der Waals surface area contributed by atoms with Crippen LogP contribution in [0.3, 0.4) is 0 Å². The van der Waals surface area contributed by atoms with Crippen LogP contribution in [0.15, 0.2) is 35.7 Å². The molecule has 4 nitrogen and oxygen atoms in total. The number of rotatable bonds is 4. The van der Waals surface area contributed by atoms with Crippen LogP contribution in [0, 0.1) is 0 Å². The Morgan fingerprint density at radius 1 is 1.14 bits per heavy atom. The molecule has 0 spiro atoms. The molecule has 3 saturated heterocycles. The number of fused-ring (bicyclic) bond motifs is 3. The van der Waals surface area contributed by atoms with Gasteiger partial charge in [0, 0.05) is 56.3 Å². The van der Waals surface area contributed by atoms with Gasteiger partial charge in [-0.25, -0.2) is 4.98 Å². The first-order valence-electron chi connectivity index (χ1n) is 7.60. The molecule has 2 bridgehead atoms. The van der Waals surface area contributed by atoms with Gasteiger partial charge in [-0.1, -0.05) is 30.3 Å². The highest BCUT2D eigenvalue weighted by atomic mass is 32.1. The van der Waals surface area contributed by atoms with Crippen LogP contribution in [-0.4, -0.2) is 60.1 Å². The van der Waals surface area contributed by atoms with Crippen LogP contribution < -0.4 is 5.32 Å². The molecule has 0 amide bonds. The predicted molar refractivity (Wildman–Crippen MR) is 87.8 cm³/mol. The maximum atomic E-state index is 4.70. The van der Waals surface area contributed by atoms with Crippen LogP contribution >= 0.6 is 11.3 Å². The lowest BCUT2D eigenvalue weighted by Crippen LogP contribution is -2.62. The first-order valence-corrected chi connectivity index (χ1v) is 8.48. The van der Waals surface area contributed by atoms with Gasteiger partial charge in [0.2, 0.25) is 0 Å². The largest absolute Gasteiger partial charge is 0.360 e. The molecule has 1 aromatic carbocycles. The zero-order valence-corrected chi connectivity index (χ0v) is 12.9. The summed E-state index contributed by atoms with van der Waals surface area (Å²) in [7, 11) is 0. The van der Waals surface area contributed by atoms with Crippen molar-refractivity contribution in [2.24, 2.45) is 0 Å². The fourth-order valence-electron chi connectivity index (χ4n) is 3.22. The third-order valence-corrected chi connectivity index (χ3v) is 5.25. The quantitative estimate of drug-likeness (QED) is 0.938. The van der Waals surface area contributed by atoms with E-state index in [4.69, 9.17) is 4.98 Å². The highest BCUT2D eigenvalue weighted by Crippen LogP contribution is 2.25. The standard InChI is InChI=1S/C16H20N4S/c1-2-4-13(5-3-1)15-12-21-16(18-15)17-10-14-11-19-6-8-20(14)9-7-19/h1-5,12,14H,6-11H2,(H,17,18). The fourth-order valence-corrected chi connectivity index (χ4v) is 3.95. The lowest BCUT2D eigenvalue weighted by Gasteiger charge is -2.47. The van der Waals surface area contributed by atoms with E-state index >= 15 is 0 Å². The summed E-state index contributed by atoms with van der Waals surface area (Å²) in [6, 6.07) is 11.0. The molecule has 110 valence electrons. The Labute approximate surface area is 129 Å². The first kappa shape index (κ1) is 13.2. The van der Waals surface area contributed by atoms with Crippen LogP contribution in [-0.2, 0) is 0 Å². The SMILES string of the molecule is c1ccc(-c2csc(NCC3CN4CCN3CC4)n2)cc1. The van der Waals surface area contributed by atoms with Crippen LogP contribution in [0.1, 0.15) is 0 Å². The van der Waals surface area contributed by atoms with Crippen LogP contribution in [0.25, 0.3) is 11.3 Å². The van der Waals surface area contributed by atoms with E-state index in [1.165, 1.54) is 38.3 Å². The molecule has 1 N–H and O–H groups in total. The summed E-state index contributed by atoms with van der Waals surface area (Å²) in [5, 5.41) is 6.70. The summed E-state index contributed by atoms with van der Waals surface area (Å²) < 4.78 is 0. The van der Waals surface area contributed by atoms with Gasteiger partial charge in [-0.05, 0) is 0 Å². The number of hydrogen-bond acceptors (Lipinski definition) is 5. The minimum absolute atomic E-state index is 0.636. The summed E-state index contributed by atoms with van der Waals surface area (Å²) in [6.07, 6.45) is 0. The summed E-state index contributed by atoms with van der Waals surface area (Å²) in [5.41, 5.74) is 2.26. The van der Waals surface area contributed by atoms with E-state index in [9.17, 15) is 0 Å². The smallest absolute Gasteiger partial charge is 0.183 e. The molecule has 5 rings (SSSR count). The number of hydrogen-bond donors (Lipinski definition) is 1. The van der Waals surface area contributed by atoms with Crippen molar-refractivity contribution in [1.29, 1.82) is 0 Å². The normalized spacial score (nSPS) is 27.7. The predicted octanol–water partition coefficient (Wildman–Crippen LogP) is 2.22. The zero-order chi connectivity index (χ0) is 14.1. The van der Waals surface area contributed by atoms with Gasteiger partial charge in [0.25, 0.3) is 0 Å². The van der Waals surface area contributed by atoms with Gasteiger partial charge in [0.1, 0.15) is 0 Å². The average Bonchev–Trinajstić information content (AvgIpc) is 3.04. The van der Waals surface area contributed by atoms with Gasteiger partial charge in [-0.3, -0.25) is 9.80 Å². The Morgan fingerprint density at radius 3 is 2.67 bits per heavy atom. The Hall–Kier alpha value is -1.43. The maximum absolute atomic E-state index is 4.70. The van der Waals surface area contributed by atoms with Gasteiger partial charge in [-0.2, -0.15) is 0 Å². The minimum atomic E-state index is 0.636. The molecule has 1 aromatic heterocycles. The second-order valence-corrected chi connectivity index (χ2v) is 6.63. The maximum Gasteiger partial charge on any atom is 0.183 e. The van der Waals surface area contributed by atoms with Gasteiger partial charge >= 0.3 is 0 Å². The van der Waals surface area contributed by atoms with Crippen molar-refractivity contribution in [2.75, 3.05) is 44.6 Å². The number of thiazole rings is 1. The molecule has 3 aliphatic rings. The number of nitrogens with zero attached hydrogens (tertiary/aromatic N) is 3. The number of anilines is 1. The summed E-state index contributed by atoms with van der Waals surface area (Å²) in [6.45, 7) is 7.12. The molecule has 5 heteroatoms. The van der Waals surface area contributed by atoms with Crippen molar-refractivity contribution in [1.82, 2.24) is 14.8 Å². The number of benzene rings is 1. The minimum Gasteiger partial charge on any atom is -0.360 e. The van der Waals surface area contributed by atoms with E-state index in [0.29, 0.717) is 6.04 Å². The summed E-state index contributed by atoms with van der Waals surface area (Å²) >= 11 is 1.70. The van der Waals surface area contributed by atoms with Crippen molar-refractivity contribution in [2.45, 2.75) is 6.04 Å². The molecular weight excluding hydrogens is 280 g/mol. The fraction of sp³-hybridized carbons (Fsp3) is 0.438. The monoisotopic (exact) mass is 300 g/mol. The second kappa shape index (κ2) is 5.75. The molecule has 2 aromatic rings. The lowest BCUT2D eigenvalue weighted by molar-refractivity contribution is 0.0189. The Bertz CT molecular complexity index is 589. The lowest BCUT2D eigenvalue weighted by atomic mass is 10.1. The molecule has 21 heavy (non-hydrogen) atoms. The van der Waals surface area contributed by atoms with E-state index in [2.05, 4.69) is 44.8 Å². The summed E-state index contributed by atoms with van der Waals surface area (Å²) in [5.74, 6) is 0.